The fourth-order valence-corrected chi connectivity index (χ4v) is 3.24. The molecule has 108 valence electrons. The van der Waals surface area contributed by atoms with Gasteiger partial charge in [-0.25, -0.2) is 0 Å². The molecule has 1 aromatic carbocycles. The van der Waals surface area contributed by atoms with Crippen LogP contribution in [-0.4, -0.2) is 41.4 Å². The fourth-order valence-electron chi connectivity index (χ4n) is 1.83. The number of thioether (sulfide) groups is 1. The number of benzene rings is 1. The second-order valence-corrected chi connectivity index (χ2v) is 6.20. The fraction of sp³-hybridized carbons (Fsp3) is 0.385. The van der Waals surface area contributed by atoms with Crippen molar-refractivity contribution in [1.82, 2.24) is 10.2 Å². The maximum atomic E-state index is 11.7. The van der Waals surface area contributed by atoms with E-state index in [4.69, 9.17) is 23.2 Å². The number of carbonyl (C=O) groups is 2. The van der Waals surface area contributed by atoms with Crippen LogP contribution in [-0.2, 0) is 16.0 Å². The topological polar surface area (TPSA) is 49.4 Å². The van der Waals surface area contributed by atoms with Crippen LogP contribution < -0.4 is 5.32 Å². The van der Waals surface area contributed by atoms with Crippen molar-refractivity contribution in [2.24, 2.45) is 0 Å². The quantitative estimate of drug-likeness (QED) is 0.899. The molecular weight excluding hydrogens is 319 g/mol. The molecule has 1 fully saturated rings. The van der Waals surface area contributed by atoms with Gasteiger partial charge in [-0.2, -0.15) is 0 Å². The first kappa shape index (κ1) is 15.5. The zero-order valence-electron chi connectivity index (χ0n) is 10.7. The molecule has 1 aliphatic rings. The smallest absolute Gasteiger partial charge is 0.239 e. The van der Waals surface area contributed by atoms with Crippen molar-refractivity contribution in [3.63, 3.8) is 0 Å². The third-order valence-electron chi connectivity index (χ3n) is 2.89. The summed E-state index contributed by atoms with van der Waals surface area (Å²) in [5, 5.41) is 3.97. The SMILES string of the molecule is O=C(CN1CSCC1=O)NCCc1ccc(Cl)cc1Cl. The summed E-state index contributed by atoms with van der Waals surface area (Å²) >= 11 is 13.4. The average molecular weight is 333 g/mol. The third-order valence-corrected chi connectivity index (χ3v) is 4.42. The van der Waals surface area contributed by atoms with Gasteiger partial charge < -0.3 is 10.2 Å². The molecule has 2 amide bonds. The van der Waals surface area contributed by atoms with Gasteiger partial charge in [0.25, 0.3) is 0 Å². The van der Waals surface area contributed by atoms with Crippen molar-refractivity contribution < 1.29 is 9.59 Å². The molecule has 1 aliphatic heterocycles. The minimum atomic E-state index is -0.147. The number of nitrogens with one attached hydrogen (secondary N) is 1. The van der Waals surface area contributed by atoms with Gasteiger partial charge in [-0.05, 0) is 24.1 Å². The van der Waals surface area contributed by atoms with E-state index in [9.17, 15) is 9.59 Å². The van der Waals surface area contributed by atoms with Crippen LogP contribution in [0, 0.1) is 0 Å². The molecule has 0 radical (unpaired) electrons. The van der Waals surface area contributed by atoms with Gasteiger partial charge in [0.2, 0.25) is 11.8 Å². The van der Waals surface area contributed by atoms with Crippen molar-refractivity contribution in [2.45, 2.75) is 6.42 Å². The highest BCUT2D eigenvalue weighted by Gasteiger charge is 2.22. The normalized spacial score (nSPS) is 14.7. The standard InChI is InChI=1S/C13H14Cl2N2O2S/c14-10-2-1-9(11(15)5-10)3-4-16-12(18)6-17-8-20-7-13(17)19/h1-2,5H,3-4,6-8H2,(H,16,18). The van der Waals surface area contributed by atoms with E-state index in [-0.39, 0.29) is 18.4 Å². The minimum Gasteiger partial charge on any atom is -0.354 e. The molecule has 4 nitrogen and oxygen atoms in total. The lowest BCUT2D eigenvalue weighted by atomic mass is 10.1. The van der Waals surface area contributed by atoms with Crippen LogP contribution >= 0.6 is 35.0 Å². The van der Waals surface area contributed by atoms with Gasteiger partial charge in [0.15, 0.2) is 0 Å². The summed E-state index contributed by atoms with van der Waals surface area (Å²) in [5.41, 5.74) is 0.934. The highest BCUT2D eigenvalue weighted by molar-refractivity contribution is 8.00. The van der Waals surface area contributed by atoms with E-state index in [1.807, 2.05) is 6.07 Å². The van der Waals surface area contributed by atoms with E-state index in [1.54, 1.807) is 17.0 Å². The van der Waals surface area contributed by atoms with Crippen LogP contribution in [0.2, 0.25) is 10.0 Å². The maximum Gasteiger partial charge on any atom is 0.239 e. The minimum absolute atomic E-state index is 0.0193. The second kappa shape index (κ2) is 7.20. The second-order valence-electron chi connectivity index (χ2n) is 4.40. The Labute approximate surface area is 131 Å². The van der Waals surface area contributed by atoms with Gasteiger partial charge in [-0.1, -0.05) is 29.3 Å². The Balaban J connectivity index is 1.75. The number of halogens is 2. The zero-order chi connectivity index (χ0) is 14.5. The monoisotopic (exact) mass is 332 g/mol. The molecule has 20 heavy (non-hydrogen) atoms. The van der Waals surface area contributed by atoms with Gasteiger partial charge >= 0.3 is 0 Å². The van der Waals surface area contributed by atoms with Crippen LogP contribution in [0.5, 0.6) is 0 Å². The molecule has 0 spiro atoms. The zero-order valence-corrected chi connectivity index (χ0v) is 13.0. The molecule has 2 rings (SSSR count). The maximum absolute atomic E-state index is 11.7. The van der Waals surface area contributed by atoms with E-state index in [2.05, 4.69) is 5.32 Å². The van der Waals surface area contributed by atoms with Gasteiger partial charge in [0.05, 0.1) is 11.6 Å². The molecule has 1 heterocycles. The summed E-state index contributed by atoms with van der Waals surface area (Å²) in [6.07, 6.45) is 0.629. The molecule has 1 N–H and O–H groups in total. The lowest BCUT2D eigenvalue weighted by Gasteiger charge is -2.14. The molecule has 7 heteroatoms. The summed E-state index contributed by atoms with van der Waals surface area (Å²) in [4.78, 5) is 24.6. The van der Waals surface area contributed by atoms with E-state index < -0.39 is 0 Å². The number of nitrogens with zero attached hydrogens (tertiary/aromatic N) is 1. The molecule has 0 aliphatic carbocycles. The molecule has 1 saturated heterocycles. The lowest BCUT2D eigenvalue weighted by molar-refractivity contribution is -0.132. The van der Waals surface area contributed by atoms with E-state index in [0.717, 1.165) is 5.56 Å². The Morgan fingerprint density at radius 1 is 1.40 bits per heavy atom. The molecule has 0 atom stereocenters. The van der Waals surface area contributed by atoms with E-state index >= 15 is 0 Å². The van der Waals surface area contributed by atoms with Crippen LogP contribution in [0.15, 0.2) is 18.2 Å². The number of hydrogen-bond acceptors (Lipinski definition) is 3. The first-order valence-electron chi connectivity index (χ1n) is 6.12. The Morgan fingerprint density at radius 2 is 2.20 bits per heavy atom. The van der Waals surface area contributed by atoms with E-state index in [0.29, 0.717) is 34.6 Å². The number of rotatable bonds is 5. The highest BCUT2D eigenvalue weighted by atomic mass is 35.5. The van der Waals surface area contributed by atoms with Crippen LogP contribution in [0.1, 0.15) is 5.56 Å². The lowest BCUT2D eigenvalue weighted by Crippen LogP contribution is -2.38. The summed E-state index contributed by atoms with van der Waals surface area (Å²) in [6.45, 7) is 0.607. The molecule has 1 aromatic rings. The number of carbonyl (C=O) groups excluding carboxylic acids is 2. The van der Waals surface area contributed by atoms with Crippen molar-refractivity contribution >= 4 is 46.8 Å². The number of amides is 2. The first-order valence-corrected chi connectivity index (χ1v) is 8.03. The molecule has 0 aromatic heterocycles. The Bertz CT molecular complexity index is 525. The van der Waals surface area contributed by atoms with Crippen LogP contribution in [0.4, 0.5) is 0 Å². The highest BCUT2D eigenvalue weighted by Crippen LogP contribution is 2.21. The van der Waals surface area contributed by atoms with Crippen molar-refractivity contribution in [3.8, 4) is 0 Å². The van der Waals surface area contributed by atoms with Gasteiger partial charge in [0.1, 0.15) is 6.54 Å². The van der Waals surface area contributed by atoms with Crippen molar-refractivity contribution in [3.05, 3.63) is 33.8 Å². The molecule has 0 bridgehead atoms. The summed E-state index contributed by atoms with van der Waals surface area (Å²) in [7, 11) is 0. The van der Waals surface area contributed by atoms with Crippen molar-refractivity contribution in [1.29, 1.82) is 0 Å². The van der Waals surface area contributed by atoms with Gasteiger partial charge in [-0.15, -0.1) is 11.8 Å². The molecule has 0 saturated carbocycles. The summed E-state index contributed by atoms with van der Waals surface area (Å²) in [6, 6.07) is 5.29. The largest absolute Gasteiger partial charge is 0.354 e. The molecular formula is C13H14Cl2N2O2S. The van der Waals surface area contributed by atoms with Gasteiger partial charge in [-0.3, -0.25) is 9.59 Å². The number of hydrogen-bond donors (Lipinski definition) is 1. The Hall–Kier alpha value is -0.910. The molecule has 0 unspecified atom stereocenters. The Kier molecular flexibility index (Phi) is 5.57. The first-order chi connectivity index (χ1) is 9.56. The summed E-state index contributed by atoms with van der Waals surface area (Å²) < 4.78 is 0. The average Bonchev–Trinajstić information content (AvgIpc) is 2.78. The van der Waals surface area contributed by atoms with Gasteiger partial charge in [0, 0.05) is 16.6 Å². The predicted octanol–water partition coefficient (Wildman–Crippen LogP) is 2.19. The van der Waals surface area contributed by atoms with Crippen LogP contribution in [0.25, 0.3) is 0 Å². The third kappa shape index (κ3) is 4.30. The predicted molar refractivity (Wildman–Crippen MR) is 82.2 cm³/mol. The van der Waals surface area contributed by atoms with Crippen LogP contribution in [0.3, 0.4) is 0 Å². The van der Waals surface area contributed by atoms with Crippen molar-refractivity contribution in [2.75, 3.05) is 24.7 Å². The Morgan fingerprint density at radius 3 is 2.85 bits per heavy atom. The summed E-state index contributed by atoms with van der Waals surface area (Å²) in [5.74, 6) is 0.931. The van der Waals surface area contributed by atoms with E-state index in [1.165, 1.54) is 11.8 Å².